The first-order chi connectivity index (χ1) is 16.6. The molecule has 0 saturated carbocycles. The molecule has 0 bridgehead atoms. The van der Waals surface area contributed by atoms with Gasteiger partial charge in [0.25, 0.3) is 0 Å². The quantitative estimate of drug-likeness (QED) is 0.200. The minimum absolute atomic E-state index is 0.00781. The van der Waals surface area contributed by atoms with Crippen molar-refractivity contribution in [3.63, 3.8) is 0 Å². The molecule has 0 atom stereocenters. The molecule has 0 unspecified atom stereocenters. The van der Waals surface area contributed by atoms with Crippen molar-refractivity contribution in [2.45, 2.75) is 46.0 Å². The van der Waals surface area contributed by atoms with Crippen LogP contribution in [0.4, 0.5) is 0 Å². The highest BCUT2D eigenvalue weighted by Gasteiger charge is 2.24. The van der Waals surface area contributed by atoms with Crippen molar-refractivity contribution >= 4 is 24.5 Å². The summed E-state index contributed by atoms with van der Waals surface area (Å²) in [6.45, 7) is 6.26. The minimum atomic E-state index is -0.441. The van der Waals surface area contributed by atoms with E-state index in [-0.39, 0.29) is 19.0 Å². The zero-order valence-corrected chi connectivity index (χ0v) is 20.0. The summed E-state index contributed by atoms with van der Waals surface area (Å²) in [6.07, 6.45) is 4.02. The maximum Gasteiger partial charge on any atom is 0.493 e. The van der Waals surface area contributed by atoms with Gasteiger partial charge in [0, 0.05) is 13.2 Å². The largest absolute Gasteiger partial charge is 0.494 e. The summed E-state index contributed by atoms with van der Waals surface area (Å²) in [5.41, 5.74) is 1.33. The number of carbonyl (C=O) groups is 2. The standard InChI is InChI=1S/C26H33BO7/c1-3-20(4-2)25(28)31-17-6-5-16-30-23-12-8-21(9-13-23)26(29)34-24-14-10-22(11-15-24)27-32-18-7-19-33-27/h8-15,20H,3-7,16-19H2,1-2H3. The number of hydrogen-bond donors (Lipinski definition) is 0. The van der Waals surface area contributed by atoms with Crippen molar-refractivity contribution < 1.29 is 33.1 Å². The van der Waals surface area contributed by atoms with E-state index in [0.717, 1.165) is 37.6 Å². The Morgan fingerprint density at radius 3 is 2.15 bits per heavy atom. The highest BCUT2D eigenvalue weighted by Crippen LogP contribution is 2.16. The van der Waals surface area contributed by atoms with Crippen LogP contribution in [0.5, 0.6) is 11.5 Å². The Bertz CT molecular complexity index is 888. The second-order valence-corrected chi connectivity index (χ2v) is 8.15. The molecule has 0 N–H and O–H groups in total. The maximum absolute atomic E-state index is 12.4. The van der Waals surface area contributed by atoms with Gasteiger partial charge in [0.2, 0.25) is 0 Å². The van der Waals surface area contributed by atoms with E-state index in [9.17, 15) is 9.59 Å². The van der Waals surface area contributed by atoms with Gasteiger partial charge < -0.3 is 23.5 Å². The molecule has 1 aliphatic heterocycles. The SMILES string of the molecule is CCC(CC)C(=O)OCCCCOc1ccc(C(=O)Oc2ccc(B3OCCCO3)cc2)cc1. The Labute approximate surface area is 201 Å². The van der Waals surface area contributed by atoms with Crippen LogP contribution in [-0.2, 0) is 18.8 Å². The molecule has 1 saturated heterocycles. The third-order valence-electron chi connectivity index (χ3n) is 5.65. The van der Waals surface area contributed by atoms with Crippen molar-refractivity contribution in [1.29, 1.82) is 0 Å². The molecule has 1 aliphatic rings. The summed E-state index contributed by atoms with van der Waals surface area (Å²) >= 11 is 0. The average Bonchev–Trinajstić information content (AvgIpc) is 2.88. The molecule has 3 rings (SSSR count). The van der Waals surface area contributed by atoms with E-state index in [1.54, 1.807) is 36.4 Å². The molecule has 0 amide bonds. The van der Waals surface area contributed by atoms with E-state index in [4.69, 9.17) is 23.5 Å². The van der Waals surface area contributed by atoms with Gasteiger partial charge in [0.1, 0.15) is 11.5 Å². The molecule has 0 spiro atoms. The lowest BCUT2D eigenvalue weighted by atomic mass is 9.78. The van der Waals surface area contributed by atoms with E-state index in [0.29, 0.717) is 43.5 Å². The van der Waals surface area contributed by atoms with Gasteiger partial charge in [-0.15, -0.1) is 0 Å². The van der Waals surface area contributed by atoms with E-state index in [2.05, 4.69) is 0 Å². The lowest BCUT2D eigenvalue weighted by Crippen LogP contribution is -2.40. The predicted octanol–water partition coefficient (Wildman–Crippen LogP) is 4.18. The summed E-state index contributed by atoms with van der Waals surface area (Å²) < 4.78 is 27.6. The van der Waals surface area contributed by atoms with Crippen LogP contribution in [0.3, 0.4) is 0 Å². The molecule has 0 aromatic heterocycles. The lowest BCUT2D eigenvalue weighted by Gasteiger charge is -2.19. The number of unbranched alkanes of at least 4 members (excludes halogenated alkanes) is 1. The summed E-state index contributed by atoms with van der Waals surface area (Å²) in [4.78, 5) is 24.3. The van der Waals surface area contributed by atoms with Crippen molar-refractivity contribution in [2.75, 3.05) is 26.4 Å². The number of rotatable bonds is 12. The van der Waals surface area contributed by atoms with E-state index >= 15 is 0 Å². The molecule has 0 radical (unpaired) electrons. The molecule has 0 aliphatic carbocycles. The Kier molecular flexibility index (Phi) is 10.4. The monoisotopic (exact) mass is 468 g/mol. The number of benzene rings is 2. The number of ether oxygens (including phenoxy) is 3. The predicted molar refractivity (Wildman–Crippen MR) is 130 cm³/mol. The average molecular weight is 468 g/mol. The van der Waals surface area contributed by atoms with Crippen LogP contribution >= 0.6 is 0 Å². The van der Waals surface area contributed by atoms with Gasteiger partial charge in [-0.3, -0.25) is 4.79 Å². The smallest absolute Gasteiger partial charge is 0.493 e. The van der Waals surface area contributed by atoms with Crippen LogP contribution in [0, 0.1) is 5.92 Å². The third kappa shape index (κ3) is 7.89. The number of carbonyl (C=O) groups excluding carboxylic acids is 2. The Hall–Kier alpha value is -2.84. The topological polar surface area (TPSA) is 80.3 Å². The van der Waals surface area contributed by atoms with Crippen molar-refractivity contribution in [1.82, 2.24) is 0 Å². The van der Waals surface area contributed by atoms with Crippen LogP contribution in [0.15, 0.2) is 48.5 Å². The van der Waals surface area contributed by atoms with Gasteiger partial charge >= 0.3 is 19.1 Å². The van der Waals surface area contributed by atoms with E-state index < -0.39 is 5.97 Å². The van der Waals surface area contributed by atoms with Crippen molar-refractivity contribution in [3.8, 4) is 11.5 Å². The minimum Gasteiger partial charge on any atom is -0.494 e. The first-order valence-corrected chi connectivity index (χ1v) is 12.1. The van der Waals surface area contributed by atoms with Crippen molar-refractivity contribution in [3.05, 3.63) is 54.1 Å². The summed E-state index contributed by atoms with van der Waals surface area (Å²) in [6, 6.07) is 14.0. The maximum atomic E-state index is 12.4. The Morgan fingerprint density at radius 2 is 1.50 bits per heavy atom. The number of hydrogen-bond acceptors (Lipinski definition) is 7. The fourth-order valence-corrected chi connectivity index (χ4v) is 3.53. The molecular weight excluding hydrogens is 435 g/mol. The zero-order valence-electron chi connectivity index (χ0n) is 20.0. The van der Waals surface area contributed by atoms with Gasteiger partial charge in [-0.2, -0.15) is 0 Å². The van der Waals surface area contributed by atoms with Gasteiger partial charge in [-0.05, 0) is 74.0 Å². The van der Waals surface area contributed by atoms with Crippen LogP contribution in [-0.4, -0.2) is 45.5 Å². The highest BCUT2D eigenvalue weighted by molar-refractivity contribution is 6.61. The number of esters is 2. The van der Waals surface area contributed by atoms with Crippen LogP contribution in [0.25, 0.3) is 0 Å². The summed E-state index contributed by atoms with van der Waals surface area (Å²) in [5, 5.41) is 0. The lowest BCUT2D eigenvalue weighted by molar-refractivity contribution is -0.148. The van der Waals surface area contributed by atoms with Gasteiger partial charge in [-0.1, -0.05) is 26.0 Å². The third-order valence-corrected chi connectivity index (χ3v) is 5.65. The Morgan fingerprint density at radius 1 is 0.882 bits per heavy atom. The van der Waals surface area contributed by atoms with Crippen molar-refractivity contribution in [2.24, 2.45) is 5.92 Å². The molecular formula is C26H33BO7. The van der Waals surface area contributed by atoms with Gasteiger partial charge in [-0.25, -0.2) is 4.79 Å². The zero-order chi connectivity index (χ0) is 24.2. The van der Waals surface area contributed by atoms with E-state index in [1.165, 1.54) is 0 Å². The van der Waals surface area contributed by atoms with Crippen LogP contribution in [0.1, 0.15) is 56.3 Å². The van der Waals surface area contributed by atoms with Gasteiger partial charge in [0.15, 0.2) is 0 Å². The second kappa shape index (κ2) is 13.8. The van der Waals surface area contributed by atoms with Crippen LogP contribution < -0.4 is 14.9 Å². The molecule has 34 heavy (non-hydrogen) atoms. The normalized spacial score (nSPS) is 13.6. The molecule has 2 aromatic carbocycles. The second-order valence-electron chi connectivity index (χ2n) is 8.15. The molecule has 7 nitrogen and oxygen atoms in total. The molecule has 1 heterocycles. The van der Waals surface area contributed by atoms with E-state index in [1.807, 2.05) is 26.0 Å². The molecule has 2 aromatic rings. The first-order valence-electron chi connectivity index (χ1n) is 12.1. The van der Waals surface area contributed by atoms with Crippen LogP contribution in [0.2, 0.25) is 0 Å². The summed E-state index contributed by atoms with van der Waals surface area (Å²) in [7, 11) is -0.365. The molecule has 1 fully saturated rings. The fourth-order valence-electron chi connectivity index (χ4n) is 3.53. The molecule has 8 heteroatoms. The first kappa shape index (κ1) is 25.8. The molecule has 182 valence electrons. The van der Waals surface area contributed by atoms with Gasteiger partial charge in [0.05, 0.1) is 24.7 Å². The Balaban J connectivity index is 1.36. The summed E-state index contributed by atoms with van der Waals surface area (Å²) in [5.74, 6) is 0.559. The highest BCUT2D eigenvalue weighted by atomic mass is 16.6. The fraction of sp³-hybridized carbons (Fsp3) is 0.462.